The summed E-state index contributed by atoms with van der Waals surface area (Å²) in [5.74, 6) is 0. The summed E-state index contributed by atoms with van der Waals surface area (Å²) in [4.78, 5) is 7.29. The number of hydrogen-bond donors (Lipinski definition) is 1. The maximum absolute atomic E-state index is 11.3. The van der Waals surface area contributed by atoms with E-state index in [9.17, 15) is 5.11 Å². The zero-order valence-corrected chi connectivity index (χ0v) is 20.7. The summed E-state index contributed by atoms with van der Waals surface area (Å²) in [5.41, 5.74) is 3.72. The second-order valence-corrected chi connectivity index (χ2v) is 9.47. The van der Waals surface area contributed by atoms with Crippen LogP contribution in [0.1, 0.15) is 51.2 Å². The standard InChI is InChI=1S/C25H30ClIN2O/c1-3-5-13-29(14-6-4-2)17-25(30)22-16-23(18-7-9-19(26)10-8-18)28-24-15-20(27)11-12-21(22)24/h7-12,15-16,25,30H,3-6,13-14,17H2,1-2H3. The molecule has 3 nitrogen and oxygen atoms in total. The van der Waals surface area contributed by atoms with E-state index in [0.29, 0.717) is 11.6 Å². The van der Waals surface area contributed by atoms with Crippen LogP contribution in [-0.2, 0) is 0 Å². The molecule has 0 aliphatic rings. The minimum Gasteiger partial charge on any atom is -0.387 e. The van der Waals surface area contributed by atoms with Gasteiger partial charge in [-0.25, -0.2) is 4.98 Å². The number of hydrogen-bond acceptors (Lipinski definition) is 3. The molecule has 1 N–H and O–H groups in total. The Kier molecular flexibility index (Phi) is 8.93. The Morgan fingerprint density at radius 1 is 1.00 bits per heavy atom. The van der Waals surface area contributed by atoms with Crippen molar-refractivity contribution in [3.05, 3.63) is 62.7 Å². The van der Waals surface area contributed by atoms with Gasteiger partial charge < -0.3 is 10.0 Å². The number of aliphatic hydroxyl groups excluding tert-OH is 1. The lowest BCUT2D eigenvalue weighted by molar-refractivity contribution is 0.112. The molecule has 1 aromatic heterocycles. The van der Waals surface area contributed by atoms with Crippen molar-refractivity contribution in [3.8, 4) is 11.3 Å². The molecular weight excluding hydrogens is 507 g/mol. The highest BCUT2D eigenvalue weighted by Gasteiger charge is 2.18. The number of aromatic nitrogens is 1. The molecule has 3 rings (SSSR count). The van der Waals surface area contributed by atoms with Crippen molar-refractivity contribution in [2.45, 2.75) is 45.6 Å². The fourth-order valence-electron chi connectivity index (χ4n) is 3.67. The van der Waals surface area contributed by atoms with Gasteiger partial charge in [-0.2, -0.15) is 0 Å². The summed E-state index contributed by atoms with van der Waals surface area (Å²) >= 11 is 8.38. The average Bonchev–Trinajstić information content (AvgIpc) is 2.75. The van der Waals surface area contributed by atoms with Gasteiger partial charge in [0.25, 0.3) is 0 Å². The number of benzene rings is 2. The van der Waals surface area contributed by atoms with E-state index in [-0.39, 0.29) is 0 Å². The smallest absolute Gasteiger partial charge is 0.0924 e. The normalized spacial score (nSPS) is 12.6. The molecule has 0 saturated carbocycles. The number of aliphatic hydroxyl groups is 1. The van der Waals surface area contributed by atoms with Crippen molar-refractivity contribution in [2.24, 2.45) is 0 Å². The van der Waals surface area contributed by atoms with Crippen LogP contribution in [0.5, 0.6) is 0 Å². The first-order valence-electron chi connectivity index (χ1n) is 10.8. The zero-order chi connectivity index (χ0) is 21.5. The zero-order valence-electron chi connectivity index (χ0n) is 17.7. The molecule has 1 atom stereocenters. The van der Waals surface area contributed by atoms with Gasteiger partial charge in [-0.15, -0.1) is 0 Å². The van der Waals surface area contributed by atoms with Gasteiger partial charge >= 0.3 is 0 Å². The molecule has 1 unspecified atom stereocenters. The molecule has 1 heterocycles. The van der Waals surface area contributed by atoms with Crippen molar-refractivity contribution in [1.82, 2.24) is 9.88 Å². The lowest BCUT2D eigenvalue weighted by Crippen LogP contribution is -2.31. The van der Waals surface area contributed by atoms with Crippen LogP contribution >= 0.6 is 34.2 Å². The first kappa shape index (κ1) is 23.5. The first-order valence-corrected chi connectivity index (χ1v) is 12.2. The van der Waals surface area contributed by atoms with Crippen LogP contribution < -0.4 is 0 Å². The Balaban J connectivity index is 1.98. The second kappa shape index (κ2) is 11.4. The molecule has 0 amide bonds. The Morgan fingerprint density at radius 3 is 2.30 bits per heavy atom. The molecular formula is C25H30ClIN2O. The minimum atomic E-state index is -0.560. The van der Waals surface area contributed by atoms with E-state index in [1.54, 1.807) is 0 Å². The molecule has 5 heteroatoms. The molecule has 0 aliphatic carbocycles. The fourth-order valence-corrected chi connectivity index (χ4v) is 4.27. The Morgan fingerprint density at radius 2 is 1.67 bits per heavy atom. The van der Waals surface area contributed by atoms with Crippen molar-refractivity contribution >= 4 is 45.1 Å². The third-order valence-corrected chi connectivity index (χ3v) is 6.31. The van der Waals surface area contributed by atoms with Gasteiger partial charge in [0.1, 0.15) is 0 Å². The number of rotatable bonds is 10. The predicted octanol–water partition coefficient (Wildman–Crippen LogP) is 7.10. The van der Waals surface area contributed by atoms with E-state index in [0.717, 1.165) is 70.1 Å². The monoisotopic (exact) mass is 536 g/mol. The van der Waals surface area contributed by atoms with Gasteiger partial charge in [0.2, 0.25) is 0 Å². The summed E-state index contributed by atoms with van der Waals surface area (Å²) in [5, 5.41) is 13.0. The summed E-state index contributed by atoms with van der Waals surface area (Å²) in [6.07, 6.45) is 4.07. The van der Waals surface area contributed by atoms with Gasteiger partial charge in [-0.05, 0) is 84.4 Å². The number of halogens is 2. The van der Waals surface area contributed by atoms with Gasteiger partial charge in [-0.1, -0.05) is 56.5 Å². The highest BCUT2D eigenvalue weighted by atomic mass is 127. The Labute approximate surface area is 198 Å². The summed E-state index contributed by atoms with van der Waals surface area (Å²) in [7, 11) is 0. The molecule has 160 valence electrons. The van der Waals surface area contributed by atoms with E-state index in [1.807, 2.05) is 30.3 Å². The Hall–Kier alpha value is -1.21. The van der Waals surface area contributed by atoms with E-state index in [4.69, 9.17) is 16.6 Å². The van der Waals surface area contributed by atoms with Crippen molar-refractivity contribution in [3.63, 3.8) is 0 Å². The Bertz CT molecular complexity index is 953. The van der Waals surface area contributed by atoms with Gasteiger partial charge in [0.05, 0.1) is 17.3 Å². The molecule has 30 heavy (non-hydrogen) atoms. The van der Waals surface area contributed by atoms with Crippen LogP contribution in [0.2, 0.25) is 5.02 Å². The predicted molar refractivity (Wildman–Crippen MR) is 136 cm³/mol. The minimum absolute atomic E-state index is 0.560. The van der Waals surface area contributed by atoms with E-state index >= 15 is 0 Å². The molecule has 0 spiro atoms. The van der Waals surface area contributed by atoms with Crippen molar-refractivity contribution in [1.29, 1.82) is 0 Å². The number of fused-ring (bicyclic) bond motifs is 1. The number of nitrogens with zero attached hydrogens (tertiary/aromatic N) is 2. The quantitative estimate of drug-likeness (QED) is 0.281. The van der Waals surface area contributed by atoms with Crippen LogP contribution in [0.25, 0.3) is 22.2 Å². The molecule has 0 aliphatic heterocycles. The molecule has 0 fully saturated rings. The SMILES string of the molecule is CCCCN(CCCC)CC(O)c1cc(-c2ccc(Cl)cc2)nc2cc(I)ccc12. The molecule has 2 aromatic carbocycles. The third-order valence-electron chi connectivity index (χ3n) is 5.39. The maximum Gasteiger partial charge on any atom is 0.0924 e. The maximum atomic E-state index is 11.3. The van der Waals surface area contributed by atoms with Gasteiger partial charge in [0, 0.05) is 26.1 Å². The third kappa shape index (κ3) is 6.16. The largest absolute Gasteiger partial charge is 0.387 e. The van der Waals surface area contributed by atoms with Crippen molar-refractivity contribution < 1.29 is 5.11 Å². The van der Waals surface area contributed by atoms with Crippen LogP contribution in [0.4, 0.5) is 0 Å². The summed E-state index contributed by atoms with van der Waals surface area (Å²) in [6, 6.07) is 16.0. The second-order valence-electron chi connectivity index (χ2n) is 7.79. The number of unbranched alkanes of at least 4 members (excludes halogenated alkanes) is 2. The van der Waals surface area contributed by atoms with E-state index in [1.165, 1.54) is 0 Å². The molecule has 0 radical (unpaired) electrons. The highest BCUT2D eigenvalue weighted by Crippen LogP contribution is 2.31. The van der Waals surface area contributed by atoms with Crippen LogP contribution in [0, 0.1) is 3.57 Å². The average molecular weight is 537 g/mol. The number of pyridine rings is 1. The molecule has 0 saturated heterocycles. The van der Waals surface area contributed by atoms with Crippen LogP contribution in [0.3, 0.4) is 0 Å². The van der Waals surface area contributed by atoms with E-state index < -0.39 is 6.10 Å². The lowest BCUT2D eigenvalue weighted by Gasteiger charge is -2.26. The van der Waals surface area contributed by atoms with E-state index in [2.05, 4.69) is 59.5 Å². The summed E-state index contributed by atoms with van der Waals surface area (Å²) in [6.45, 7) is 7.12. The fraction of sp³-hybridized carbons (Fsp3) is 0.400. The molecule has 0 bridgehead atoms. The van der Waals surface area contributed by atoms with Crippen molar-refractivity contribution in [2.75, 3.05) is 19.6 Å². The van der Waals surface area contributed by atoms with Crippen LogP contribution in [-0.4, -0.2) is 34.6 Å². The highest BCUT2D eigenvalue weighted by molar-refractivity contribution is 14.1. The first-order chi connectivity index (χ1) is 14.5. The lowest BCUT2D eigenvalue weighted by atomic mass is 9.99. The van der Waals surface area contributed by atoms with Gasteiger partial charge in [0.15, 0.2) is 0 Å². The van der Waals surface area contributed by atoms with Crippen LogP contribution in [0.15, 0.2) is 48.5 Å². The molecule has 3 aromatic rings. The topological polar surface area (TPSA) is 36.4 Å². The summed E-state index contributed by atoms with van der Waals surface area (Å²) < 4.78 is 1.13. The van der Waals surface area contributed by atoms with Gasteiger partial charge in [-0.3, -0.25) is 0 Å².